The van der Waals surface area contributed by atoms with Crippen molar-refractivity contribution < 1.29 is 18.8 Å². The molecule has 3 rings (SSSR count). The van der Waals surface area contributed by atoms with Gasteiger partial charge in [0.25, 0.3) is 0 Å². The maximum absolute atomic E-state index is 13.9. The lowest BCUT2D eigenvalue weighted by atomic mass is 10.1. The van der Waals surface area contributed by atoms with E-state index in [9.17, 15) is 18.8 Å². The molecule has 0 aromatic heterocycles. The van der Waals surface area contributed by atoms with E-state index in [1.165, 1.54) is 24.0 Å². The Balaban J connectivity index is 1.71. The molecule has 2 aromatic carbocycles. The van der Waals surface area contributed by atoms with Gasteiger partial charge in [-0.15, -0.1) is 0 Å². The first kappa shape index (κ1) is 19.0. The average molecular weight is 434 g/mol. The van der Waals surface area contributed by atoms with E-state index in [2.05, 4.69) is 26.6 Å². The fourth-order valence-electron chi connectivity index (χ4n) is 2.91. The molecule has 1 aliphatic heterocycles. The van der Waals surface area contributed by atoms with Crippen LogP contribution >= 0.6 is 15.9 Å². The van der Waals surface area contributed by atoms with E-state index in [0.29, 0.717) is 15.8 Å². The molecule has 1 fully saturated rings. The Morgan fingerprint density at radius 1 is 1.19 bits per heavy atom. The van der Waals surface area contributed by atoms with Crippen molar-refractivity contribution in [2.75, 3.05) is 22.1 Å². The molecule has 1 heterocycles. The van der Waals surface area contributed by atoms with E-state index in [4.69, 9.17) is 0 Å². The van der Waals surface area contributed by atoms with Crippen LogP contribution in [0.5, 0.6) is 0 Å². The predicted molar refractivity (Wildman–Crippen MR) is 104 cm³/mol. The van der Waals surface area contributed by atoms with Gasteiger partial charge in [0.05, 0.1) is 11.6 Å². The number of hydrogen-bond acceptors (Lipinski definition) is 3. The molecule has 3 amide bonds. The summed E-state index contributed by atoms with van der Waals surface area (Å²) in [6.45, 7) is 1.58. The molecule has 1 aliphatic rings. The molecule has 6 nitrogen and oxygen atoms in total. The quantitative estimate of drug-likeness (QED) is 0.773. The maximum Gasteiger partial charge on any atom is 0.229 e. The molecule has 140 valence electrons. The second-order valence-corrected chi connectivity index (χ2v) is 7.17. The normalized spacial score (nSPS) is 16.3. The number of anilines is 3. The van der Waals surface area contributed by atoms with Gasteiger partial charge in [-0.3, -0.25) is 14.4 Å². The Kier molecular flexibility index (Phi) is 5.55. The van der Waals surface area contributed by atoms with Crippen LogP contribution in [0, 0.1) is 11.7 Å². The molecule has 2 aromatic rings. The molecule has 0 saturated carbocycles. The topological polar surface area (TPSA) is 78.5 Å². The van der Waals surface area contributed by atoms with Crippen LogP contribution in [-0.2, 0) is 14.4 Å². The molecule has 0 spiro atoms. The summed E-state index contributed by atoms with van der Waals surface area (Å²) in [5.74, 6) is -1.97. The minimum Gasteiger partial charge on any atom is -0.326 e. The van der Waals surface area contributed by atoms with Crippen molar-refractivity contribution in [3.8, 4) is 0 Å². The van der Waals surface area contributed by atoms with Gasteiger partial charge in [0.15, 0.2) is 0 Å². The summed E-state index contributed by atoms with van der Waals surface area (Å²) in [6.07, 6.45) is 0.0361. The first-order valence-corrected chi connectivity index (χ1v) is 9.06. The number of nitrogens with zero attached hydrogens (tertiary/aromatic N) is 1. The summed E-state index contributed by atoms with van der Waals surface area (Å²) in [5.41, 5.74) is 1.23. The fraction of sp³-hybridized carbons (Fsp3) is 0.211. The van der Waals surface area contributed by atoms with Gasteiger partial charge in [0.1, 0.15) is 5.82 Å². The van der Waals surface area contributed by atoms with Crippen LogP contribution in [0.3, 0.4) is 0 Å². The Morgan fingerprint density at radius 2 is 1.96 bits per heavy atom. The Hall–Kier alpha value is -2.74. The summed E-state index contributed by atoms with van der Waals surface area (Å²) in [5, 5.41) is 5.20. The van der Waals surface area contributed by atoms with Crippen molar-refractivity contribution in [2.45, 2.75) is 13.3 Å². The summed E-state index contributed by atoms with van der Waals surface area (Å²) < 4.78 is 14.5. The monoisotopic (exact) mass is 433 g/mol. The van der Waals surface area contributed by atoms with Gasteiger partial charge in [0, 0.05) is 35.7 Å². The summed E-state index contributed by atoms with van der Waals surface area (Å²) in [7, 11) is 0. The molecular formula is C19H17BrFN3O3. The van der Waals surface area contributed by atoms with Gasteiger partial charge in [-0.2, -0.15) is 0 Å². The van der Waals surface area contributed by atoms with Crippen LogP contribution in [0.2, 0.25) is 0 Å². The Labute approximate surface area is 163 Å². The average Bonchev–Trinajstić information content (AvgIpc) is 2.99. The number of nitrogens with one attached hydrogen (secondary N) is 2. The highest BCUT2D eigenvalue weighted by Gasteiger charge is 2.35. The van der Waals surface area contributed by atoms with Crippen molar-refractivity contribution in [1.82, 2.24) is 0 Å². The molecule has 2 N–H and O–H groups in total. The molecule has 1 saturated heterocycles. The molecule has 1 unspecified atom stereocenters. The number of amides is 3. The van der Waals surface area contributed by atoms with Gasteiger partial charge in [-0.1, -0.05) is 22.0 Å². The lowest BCUT2D eigenvalue weighted by molar-refractivity contribution is -0.122. The second kappa shape index (κ2) is 7.87. The smallest absolute Gasteiger partial charge is 0.229 e. The van der Waals surface area contributed by atoms with Gasteiger partial charge < -0.3 is 15.5 Å². The fourth-order valence-corrected chi connectivity index (χ4v) is 3.25. The van der Waals surface area contributed by atoms with Crippen LogP contribution < -0.4 is 15.5 Å². The SMILES string of the molecule is CC(=O)Nc1cccc(N2CC(C(=O)Nc3ccc(Br)cc3F)CC2=O)c1. The molecule has 0 radical (unpaired) electrons. The zero-order valence-corrected chi connectivity index (χ0v) is 16.0. The number of rotatable bonds is 4. The lowest BCUT2D eigenvalue weighted by Crippen LogP contribution is -2.28. The Morgan fingerprint density at radius 3 is 2.67 bits per heavy atom. The lowest BCUT2D eigenvalue weighted by Gasteiger charge is -2.18. The van der Waals surface area contributed by atoms with E-state index in [1.54, 1.807) is 30.3 Å². The van der Waals surface area contributed by atoms with Crippen molar-refractivity contribution in [2.24, 2.45) is 5.92 Å². The minimum absolute atomic E-state index is 0.0361. The standard InChI is InChI=1S/C19H17BrFN3O3/c1-11(25)22-14-3-2-4-15(9-14)24-10-12(7-18(24)26)19(27)23-17-6-5-13(20)8-16(17)21/h2-6,8-9,12H,7,10H2,1H3,(H,22,25)(H,23,27). The van der Waals surface area contributed by atoms with Crippen LogP contribution in [-0.4, -0.2) is 24.3 Å². The summed E-state index contributed by atoms with van der Waals surface area (Å²) in [6, 6.07) is 11.2. The number of carbonyl (C=O) groups excluding carboxylic acids is 3. The predicted octanol–water partition coefficient (Wildman–Crippen LogP) is 3.54. The molecule has 1 atom stereocenters. The van der Waals surface area contributed by atoms with E-state index in [0.717, 1.165) is 0 Å². The van der Waals surface area contributed by atoms with E-state index < -0.39 is 17.6 Å². The van der Waals surface area contributed by atoms with Crippen LogP contribution in [0.25, 0.3) is 0 Å². The number of carbonyl (C=O) groups is 3. The van der Waals surface area contributed by atoms with Crippen molar-refractivity contribution >= 4 is 50.7 Å². The van der Waals surface area contributed by atoms with Gasteiger partial charge in [0.2, 0.25) is 17.7 Å². The first-order chi connectivity index (χ1) is 12.8. The van der Waals surface area contributed by atoms with E-state index >= 15 is 0 Å². The molecule has 27 heavy (non-hydrogen) atoms. The molecule has 0 bridgehead atoms. The highest BCUT2D eigenvalue weighted by atomic mass is 79.9. The van der Waals surface area contributed by atoms with Crippen molar-refractivity contribution in [3.63, 3.8) is 0 Å². The Bertz CT molecular complexity index is 919. The van der Waals surface area contributed by atoms with Gasteiger partial charge >= 0.3 is 0 Å². The second-order valence-electron chi connectivity index (χ2n) is 6.25. The number of hydrogen-bond donors (Lipinski definition) is 2. The van der Waals surface area contributed by atoms with Gasteiger partial charge in [-0.05, 0) is 36.4 Å². The zero-order valence-electron chi connectivity index (χ0n) is 14.5. The maximum atomic E-state index is 13.9. The summed E-state index contributed by atoms with van der Waals surface area (Å²) in [4.78, 5) is 37.5. The highest BCUT2D eigenvalue weighted by Crippen LogP contribution is 2.28. The first-order valence-electron chi connectivity index (χ1n) is 8.27. The minimum atomic E-state index is -0.593. The molecule has 0 aliphatic carbocycles. The van der Waals surface area contributed by atoms with Crippen molar-refractivity contribution in [3.05, 3.63) is 52.8 Å². The van der Waals surface area contributed by atoms with E-state index in [1.807, 2.05) is 0 Å². The van der Waals surface area contributed by atoms with Crippen molar-refractivity contribution in [1.29, 1.82) is 0 Å². The van der Waals surface area contributed by atoms with E-state index in [-0.39, 0.29) is 30.5 Å². The third kappa shape index (κ3) is 4.51. The molecule has 8 heteroatoms. The largest absolute Gasteiger partial charge is 0.326 e. The number of benzene rings is 2. The third-order valence-corrected chi connectivity index (χ3v) is 4.66. The third-order valence-electron chi connectivity index (χ3n) is 4.16. The van der Waals surface area contributed by atoms with Crippen LogP contribution in [0.15, 0.2) is 46.9 Å². The van der Waals surface area contributed by atoms with Crippen LogP contribution in [0.4, 0.5) is 21.5 Å². The zero-order chi connectivity index (χ0) is 19.6. The van der Waals surface area contributed by atoms with Crippen LogP contribution in [0.1, 0.15) is 13.3 Å². The summed E-state index contributed by atoms with van der Waals surface area (Å²) >= 11 is 3.16. The molecular weight excluding hydrogens is 417 g/mol. The van der Waals surface area contributed by atoms with Gasteiger partial charge in [-0.25, -0.2) is 4.39 Å². The highest BCUT2D eigenvalue weighted by molar-refractivity contribution is 9.10. The number of halogens is 2.